The monoisotopic (exact) mass is 312 g/mol. The summed E-state index contributed by atoms with van der Waals surface area (Å²) in [5.41, 5.74) is -2.50. The number of aliphatic hydroxyl groups is 1. The number of nitriles is 1. The minimum absolute atomic E-state index is 0.0189. The van der Waals surface area contributed by atoms with Gasteiger partial charge in [0, 0.05) is 12.1 Å². The first-order chi connectivity index (χ1) is 9.92. The third-order valence-electron chi connectivity index (χ3n) is 4.42. The van der Waals surface area contributed by atoms with Gasteiger partial charge in [-0.15, -0.1) is 0 Å². The van der Waals surface area contributed by atoms with Gasteiger partial charge in [-0.25, -0.2) is 0 Å². The molecule has 2 unspecified atom stereocenters. The maximum absolute atomic E-state index is 13.2. The number of halogens is 3. The summed E-state index contributed by atoms with van der Waals surface area (Å²) in [4.78, 5) is 1.61. The van der Waals surface area contributed by atoms with Gasteiger partial charge in [0.15, 0.2) is 0 Å². The number of anilines is 1. The van der Waals surface area contributed by atoms with Crippen molar-refractivity contribution in [3.63, 3.8) is 0 Å². The van der Waals surface area contributed by atoms with Crippen LogP contribution in [-0.2, 0) is 12.6 Å². The van der Waals surface area contributed by atoms with E-state index in [0.29, 0.717) is 5.69 Å². The van der Waals surface area contributed by atoms with Crippen molar-refractivity contribution < 1.29 is 18.3 Å². The van der Waals surface area contributed by atoms with Crippen molar-refractivity contribution in [2.24, 2.45) is 0 Å². The lowest BCUT2D eigenvalue weighted by atomic mass is 9.92. The SMILES string of the molecule is CC(N1c2cccc(C(F)(F)F)c2CC1(C)C#N)C(C)(C)O. The van der Waals surface area contributed by atoms with Crippen LogP contribution in [0.3, 0.4) is 0 Å². The molecule has 0 aromatic heterocycles. The second-order valence-electron chi connectivity index (χ2n) is 6.56. The van der Waals surface area contributed by atoms with Crippen LogP contribution in [0.25, 0.3) is 0 Å². The zero-order valence-electron chi connectivity index (χ0n) is 13.0. The Bertz CT molecular complexity index is 628. The molecule has 2 rings (SSSR count). The van der Waals surface area contributed by atoms with E-state index in [1.165, 1.54) is 6.07 Å². The molecule has 2 atom stereocenters. The number of benzene rings is 1. The molecule has 1 N–H and O–H groups in total. The highest BCUT2D eigenvalue weighted by Gasteiger charge is 2.49. The third-order valence-corrected chi connectivity index (χ3v) is 4.42. The lowest BCUT2D eigenvalue weighted by Gasteiger charge is -2.42. The molecule has 0 radical (unpaired) electrons. The Balaban J connectivity index is 2.65. The molecule has 1 aromatic rings. The molecule has 0 saturated heterocycles. The predicted molar refractivity (Wildman–Crippen MR) is 77.4 cm³/mol. The Labute approximate surface area is 128 Å². The minimum atomic E-state index is -4.46. The fourth-order valence-electron chi connectivity index (χ4n) is 2.99. The first kappa shape index (κ1) is 16.6. The van der Waals surface area contributed by atoms with E-state index >= 15 is 0 Å². The van der Waals surface area contributed by atoms with Crippen LogP contribution >= 0.6 is 0 Å². The van der Waals surface area contributed by atoms with E-state index < -0.39 is 28.9 Å². The Hall–Kier alpha value is -1.74. The first-order valence-corrected chi connectivity index (χ1v) is 7.04. The van der Waals surface area contributed by atoms with Crippen LogP contribution < -0.4 is 4.90 Å². The number of alkyl halides is 3. The second-order valence-corrected chi connectivity index (χ2v) is 6.56. The van der Waals surface area contributed by atoms with Crippen LogP contribution in [-0.4, -0.2) is 22.3 Å². The molecule has 1 aromatic carbocycles. The van der Waals surface area contributed by atoms with Gasteiger partial charge in [-0.3, -0.25) is 0 Å². The summed E-state index contributed by atoms with van der Waals surface area (Å²) in [5, 5.41) is 19.8. The molecule has 22 heavy (non-hydrogen) atoms. The molecule has 120 valence electrons. The van der Waals surface area contributed by atoms with E-state index in [2.05, 4.69) is 6.07 Å². The van der Waals surface area contributed by atoms with Gasteiger partial charge in [0.1, 0.15) is 5.54 Å². The summed E-state index contributed by atoms with van der Waals surface area (Å²) >= 11 is 0. The molecule has 0 aliphatic carbocycles. The van der Waals surface area contributed by atoms with Crippen LogP contribution in [0.5, 0.6) is 0 Å². The zero-order chi connectivity index (χ0) is 16.9. The molecule has 0 amide bonds. The number of nitrogens with zero attached hydrogens (tertiary/aromatic N) is 2. The molecule has 0 fully saturated rings. The van der Waals surface area contributed by atoms with Crippen molar-refractivity contribution in [3.8, 4) is 6.07 Å². The van der Waals surface area contributed by atoms with Crippen LogP contribution in [0.4, 0.5) is 18.9 Å². The summed E-state index contributed by atoms with van der Waals surface area (Å²) in [6.07, 6.45) is -4.48. The molecule has 0 bridgehead atoms. The smallest absolute Gasteiger partial charge is 0.388 e. The van der Waals surface area contributed by atoms with Crippen molar-refractivity contribution in [3.05, 3.63) is 29.3 Å². The number of rotatable bonds is 2. The van der Waals surface area contributed by atoms with E-state index in [0.717, 1.165) is 6.07 Å². The van der Waals surface area contributed by atoms with Crippen LogP contribution in [0.1, 0.15) is 38.8 Å². The van der Waals surface area contributed by atoms with Gasteiger partial charge in [-0.1, -0.05) is 6.07 Å². The van der Waals surface area contributed by atoms with Crippen molar-refractivity contribution in [1.82, 2.24) is 0 Å². The average molecular weight is 312 g/mol. The maximum atomic E-state index is 13.2. The van der Waals surface area contributed by atoms with Gasteiger partial charge in [0.25, 0.3) is 0 Å². The van der Waals surface area contributed by atoms with Crippen LogP contribution in [0, 0.1) is 11.3 Å². The van der Waals surface area contributed by atoms with E-state index in [4.69, 9.17) is 0 Å². The first-order valence-electron chi connectivity index (χ1n) is 7.04. The summed E-state index contributed by atoms with van der Waals surface area (Å²) in [5.74, 6) is 0. The predicted octanol–water partition coefficient (Wildman–Crippen LogP) is 3.51. The maximum Gasteiger partial charge on any atom is 0.416 e. The summed E-state index contributed by atoms with van der Waals surface area (Å²) in [6.45, 7) is 6.49. The van der Waals surface area contributed by atoms with Gasteiger partial charge < -0.3 is 10.0 Å². The number of hydrogen-bond acceptors (Lipinski definition) is 3. The van der Waals surface area contributed by atoms with Gasteiger partial charge in [0.2, 0.25) is 0 Å². The van der Waals surface area contributed by atoms with E-state index in [1.54, 1.807) is 38.7 Å². The molecule has 1 aliphatic heterocycles. The summed E-state index contributed by atoms with van der Waals surface area (Å²) < 4.78 is 39.6. The standard InChI is InChI=1S/C16H19F3N2O/c1-10(14(2,3)22)21-13-7-5-6-12(16(17,18)19)11(13)8-15(21,4)9-20/h5-7,10,22H,8H2,1-4H3. The molecular formula is C16H19F3N2O. The quantitative estimate of drug-likeness (QED) is 0.909. The average Bonchev–Trinajstić information content (AvgIpc) is 2.68. The third kappa shape index (κ3) is 2.54. The van der Waals surface area contributed by atoms with E-state index in [-0.39, 0.29) is 12.0 Å². The van der Waals surface area contributed by atoms with Gasteiger partial charge in [-0.05, 0) is 45.4 Å². The van der Waals surface area contributed by atoms with Crippen LogP contribution in [0.2, 0.25) is 0 Å². The van der Waals surface area contributed by atoms with Crippen molar-refractivity contribution in [1.29, 1.82) is 5.26 Å². The fraction of sp³-hybridized carbons (Fsp3) is 0.562. The lowest BCUT2D eigenvalue weighted by Crippen LogP contribution is -2.55. The van der Waals surface area contributed by atoms with Gasteiger partial charge in [0.05, 0.1) is 23.3 Å². The molecule has 0 spiro atoms. The number of hydrogen-bond donors (Lipinski definition) is 1. The van der Waals surface area contributed by atoms with Crippen LogP contribution in [0.15, 0.2) is 18.2 Å². The van der Waals surface area contributed by atoms with Gasteiger partial charge >= 0.3 is 6.18 Å². The van der Waals surface area contributed by atoms with E-state index in [9.17, 15) is 23.5 Å². The Morgan fingerprint density at radius 1 is 1.36 bits per heavy atom. The largest absolute Gasteiger partial charge is 0.416 e. The molecular weight excluding hydrogens is 293 g/mol. The highest BCUT2D eigenvalue weighted by molar-refractivity contribution is 5.67. The second kappa shape index (κ2) is 4.88. The molecule has 6 heteroatoms. The highest BCUT2D eigenvalue weighted by atomic mass is 19.4. The van der Waals surface area contributed by atoms with E-state index in [1.807, 2.05) is 0 Å². The van der Waals surface area contributed by atoms with Gasteiger partial charge in [-0.2, -0.15) is 18.4 Å². The lowest BCUT2D eigenvalue weighted by molar-refractivity contribution is -0.138. The molecule has 1 heterocycles. The summed E-state index contributed by atoms with van der Waals surface area (Å²) in [7, 11) is 0. The van der Waals surface area contributed by atoms with Crippen molar-refractivity contribution >= 4 is 5.69 Å². The minimum Gasteiger partial charge on any atom is -0.388 e. The highest BCUT2D eigenvalue weighted by Crippen LogP contribution is 2.46. The Kier molecular flexibility index (Phi) is 3.69. The normalized spacial score (nSPS) is 23.1. The molecule has 0 saturated carbocycles. The Morgan fingerprint density at radius 2 is 1.95 bits per heavy atom. The fourth-order valence-corrected chi connectivity index (χ4v) is 2.99. The Morgan fingerprint density at radius 3 is 2.41 bits per heavy atom. The summed E-state index contributed by atoms with van der Waals surface area (Å²) in [6, 6.07) is 5.56. The molecule has 3 nitrogen and oxygen atoms in total. The topological polar surface area (TPSA) is 47.3 Å². The van der Waals surface area contributed by atoms with Crippen molar-refractivity contribution in [2.45, 2.75) is 57.5 Å². The number of fused-ring (bicyclic) bond motifs is 1. The van der Waals surface area contributed by atoms with Crippen molar-refractivity contribution in [2.75, 3.05) is 4.90 Å². The zero-order valence-corrected chi connectivity index (χ0v) is 13.0. The molecule has 1 aliphatic rings.